The van der Waals surface area contributed by atoms with E-state index in [2.05, 4.69) is 9.97 Å². The maximum absolute atomic E-state index is 13.4. The van der Waals surface area contributed by atoms with E-state index in [9.17, 15) is 22.8 Å². The summed E-state index contributed by atoms with van der Waals surface area (Å²) in [7, 11) is 1.59. The van der Waals surface area contributed by atoms with Crippen LogP contribution in [0.3, 0.4) is 0 Å². The van der Waals surface area contributed by atoms with Crippen LogP contribution in [0.1, 0.15) is 51.1 Å². The molecule has 1 amide bonds. The average Bonchev–Trinajstić information content (AvgIpc) is 3.64. The minimum Gasteiger partial charge on any atom is -0.497 e. The molecule has 234 valence electrons. The second-order valence-corrected chi connectivity index (χ2v) is 12.1. The summed E-state index contributed by atoms with van der Waals surface area (Å²) in [4.78, 5) is 37.4. The molecule has 0 unspecified atom stereocenters. The normalized spacial score (nSPS) is 14.4. The molecular weight excluding hydrogens is 603 g/mol. The van der Waals surface area contributed by atoms with Crippen LogP contribution in [0.5, 0.6) is 5.75 Å². The summed E-state index contributed by atoms with van der Waals surface area (Å²) in [6.45, 7) is 2.08. The van der Waals surface area contributed by atoms with E-state index in [0.717, 1.165) is 22.7 Å². The van der Waals surface area contributed by atoms with Crippen molar-refractivity contribution in [3.8, 4) is 5.75 Å². The number of nitrogens with zero attached hydrogens (tertiary/aromatic N) is 4. The molecule has 0 bridgehead atoms. The standard InChI is InChI=1S/C33H32F3N5O3S/c1-44-26-11-9-22(10-12-26)18-39(19-23-5-4-6-24(17-23)33(34,35)36)20-30-37-28(21-45-30)31(42)40-15-13-25(14-16-40)41-29-8-3-2-7-27(29)38-32(41)43/h2-12,17,21,25H,13-16,18-20H2,1H3,(H,38,43). The average molecular weight is 636 g/mol. The van der Waals surface area contributed by atoms with Gasteiger partial charge in [0, 0.05) is 37.6 Å². The number of piperidine rings is 1. The van der Waals surface area contributed by atoms with Gasteiger partial charge in [-0.05, 0) is 54.3 Å². The number of imidazole rings is 1. The molecule has 0 aliphatic carbocycles. The number of ether oxygens (including phenoxy) is 1. The molecule has 6 rings (SSSR count). The molecule has 0 saturated carbocycles. The number of H-pyrrole nitrogens is 1. The molecular formula is C33H32F3N5O3S. The number of carbonyl (C=O) groups excluding carboxylic acids is 1. The predicted octanol–water partition coefficient (Wildman–Crippen LogP) is 6.49. The van der Waals surface area contributed by atoms with E-state index in [1.807, 2.05) is 53.4 Å². The number of para-hydroxylation sites is 2. The maximum atomic E-state index is 13.4. The van der Waals surface area contributed by atoms with Gasteiger partial charge in [-0.15, -0.1) is 11.3 Å². The molecule has 1 fully saturated rings. The number of benzene rings is 3. The van der Waals surface area contributed by atoms with Gasteiger partial charge in [0.15, 0.2) is 0 Å². The van der Waals surface area contributed by atoms with Gasteiger partial charge in [0.05, 0.1) is 30.3 Å². The Bertz CT molecular complexity index is 1840. The third kappa shape index (κ3) is 6.97. The fourth-order valence-electron chi connectivity index (χ4n) is 5.86. The number of aromatic amines is 1. The lowest BCUT2D eigenvalue weighted by Gasteiger charge is -2.32. The molecule has 0 radical (unpaired) electrons. The van der Waals surface area contributed by atoms with Gasteiger partial charge in [0.1, 0.15) is 16.5 Å². The van der Waals surface area contributed by atoms with Crippen LogP contribution in [0.15, 0.2) is 83.0 Å². The van der Waals surface area contributed by atoms with Crippen molar-refractivity contribution >= 4 is 28.3 Å². The summed E-state index contributed by atoms with van der Waals surface area (Å²) in [6.07, 6.45) is -3.13. The van der Waals surface area contributed by atoms with Gasteiger partial charge in [0.25, 0.3) is 5.91 Å². The summed E-state index contributed by atoms with van der Waals surface area (Å²) in [6, 6.07) is 20.4. The molecule has 0 spiro atoms. The van der Waals surface area contributed by atoms with Gasteiger partial charge in [0.2, 0.25) is 0 Å². The lowest BCUT2D eigenvalue weighted by atomic mass is 10.0. The van der Waals surface area contributed by atoms with Crippen LogP contribution in [-0.4, -0.2) is 50.4 Å². The van der Waals surface area contributed by atoms with Gasteiger partial charge in [-0.1, -0.05) is 42.5 Å². The zero-order chi connectivity index (χ0) is 31.6. The summed E-state index contributed by atoms with van der Waals surface area (Å²) in [5, 5.41) is 2.43. The third-order valence-corrected chi connectivity index (χ3v) is 8.93. The Kier molecular flexibility index (Phi) is 8.77. The molecule has 12 heteroatoms. The van der Waals surface area contributed by atoms with Crippen molar-refractivity contribution in [2.75, 3.05) is 20.2 Å². The zero-order valence-electron chi connectivity index (χ0n) is 24.6. The first kappa shape index (κ1) is 30.6. The molecule has 45 heavy (non-hydrogen) atoms. The number of alkyl halides is 3. The summed E-state index contributed by atoms with van der Waals surface area (Å²) >= 11 is 1.36. The first-order valence-electron chi connectivity index (χ1n) is 14.6. The Morgan fingerprint density at radius 3 is 2.47 bits per heavy atom. The van der Waals surface area contributed by atoms with Crippen LogP contribution in [0.4, 0.5) is 13.2 Å². The molecule has 8 nitrogen and oxygen atoms in total. The monoisotopic (exact) mass is 635 g/mol. The van der Waals surface area contributed by atoms with Crippen molar-refractivity contribution in [2.45, 2.75) is 44.7 Å². The minimum atomic E-state index is -4.43. The number of halogens is 3. The van der Waals surface area contributed by atoms with Gasteiger partial charge < -0.3 is 14.6 Å². The Hall–Kier alpha value is -4.42. The van der Waals surface area contributed by atoms with Crippen molar-refractivity contribution in [2.24, 2.45) is 0 Å². The highest BCUT2D eigenvalue weighted by atomic mass is 32.1. The Labute approximate surface area is 261 Å². The molecule has 1 aliphatic heterocycles. The largest absolute Gasteiger partial charge is 0.497 e. The van der Waals surface area contributed by atoms with Gasteiger partial charge in [-0.25, -0.2) is 9.78 Å². The summed E-state index contributed by atoms with van der Waals surface area (Å²) < 4.78 is 47.2. The molecule has 1 saturated heterocycles. The lowest BCUT2D eigenvalue weighted by molar-refractivity contribution is -0.137. The molecule has 1 N–H and O–H groups in total. The maximum Gasteiger partial charge on any atom is 0.416 e. The Morgan fingerprint density at radius 1 is 1.00 bits per heavy atom. The first-order valence-corrected chi connectivity index (χ1v) is 15.5. The fourth-order valence-corrected chi connectivity index (χ4v) is 6.67. The number of methoxy groups -OCH3 is 1. The van der Waals surface area contributed by atoms with Gasteiger partial charge in [-0.2, -0.15) is 13.2 Å². The number of rotatable bonds is 9. The highest BCUT2D eigenvalue weighted by Gasteiger charge is 2.31. The number of thiazole rings is 1. The number of carbonyl (C=O) groups is 1. The SMILES string of the molecule is COc1ccc(CN(Cc2cccc(C(F)(F)F)c2)Cc2nc(C(=O)N3CCC(n4c(=O)[nH]c5ccccc54)CC3)cs2)cc1. The van der Waals surface area contributed by atoms with Crippen molar-refractivity contribution in [3.63, 3.8) is 0 Å². The second kappa shape index (κ2) is 12.9. The quantitative estimate of drug-likeness (QED) is 0.200. The minimum absolute atomic E-state index is 0.00828. The number of nitrogens with one attached hydrogen (secondary N) is 1. The predicted molar refractivity (Wildman–Crippen MR) is 166 cm³/mol. The van der Waals surface area contributed by atoms with E-state index < -0.39 is 11.7 Å². The Morgan fingerprint density at radius 2 is 1.73 bits per heavy atom. The van der Waals surface area contributed by atoms with E-state index in [1.54, 1.807) is 28.0 Å². The van der Waals surface area contributed by atoms with E-state index in [0.29, 0.717) is 61.0 Å². The molecule has 2 aromatic heterocycles. The highest BCUT2D eigenvalue weighted by Crippen LogP contribution is 2.30. The number of aromatic nitrogens is 3. The number of hydrogen-bond donors (Lipinski definition) is 1. The van der Waals surface area contributed by atoms with Crippen molar-refractivity contribution in [1.29, 1.82) is 0 Å². The molecule has 3 heterocycles. The van der Waals surface area contributed by atoms with E-state index in [4.69, 9.17) is 4.74 Å². The van der Waals surface area contributed by atoms with Crippen molar-refractivity contribution < 1.29 is 22.7 Å². The van der Waals surface area contributed by atoms with E-state index >= 15 is 0 Å². The number of likely N-dealkylation sites (tertiary alicyclic amines) is 1. The van der Waals surface area contributed by atoms with Crippen molar-refractivity contribution in [1.82, 2.24) is 24.3 Å². The summed E-state index contributed by atoms with van der Waals surface area (Å²) in [5.41, 5.74) is 2.67. The Balaban J connectivity index is 1.14. The number of fused-ring (bicyclic) bond motifs is 1. The van der Waals surface area contributed by atoms with E-state index in [1.165, 1.54) is 23.5 Å². The molecule has 3 aromatic carbocycles. The van der Waals surface area contributed by atoms with E-state index in [-0.39, 0.29) is 24.2 Å². The highest BCUT2D eigenvalue weighted by molar-refractivity contribution is 7.09. The topological polar surface area (TPSA) is 83.5 Å². The van der Waals surface area contributed by atoms with Gasteiger partial charge >= 0.3 is 11.9 Å². The van der Waals surface area contributed by atoms with Crippen LogP contribution in [0.25, 0.3) is 11.0 Å². The van der Waals surface area contributed by atoms with Crippen LogP contribution in [0.2, 0.25) is 0 Å². The van der Waals surface area contributed by atoms with Crippen LogP contribution in [0, 0.1) is 0 Å². The molecule has 1 aliphatic rings. The van der Waals surface area contributed by atoms with Crippen LogP contribution in [-0.2, 0) is 25.8 Å². The molecule has 5 aromatic rings. The smallest absolute Gasteiger partial charge is 0.416 e. The molecule has 0 atom stereocenters. The zero-order valence-corrected chi connectivity index (χ0v) is 25.4. The van der Waals surface area contributed by atoms with Crippen LogP contribution < -0.4 is 10.4 Å². The van der Waals surface area contributed by atoms with Gasteiger partial charge in [-0.3, -0.25) is 14.3 Å². The van der Waals surface area contributed by atoms with Crippen LogP contribution >= 0.6 is 11.3 Å². The third-order valence-electron chi connectivity index (χ3n) is 8.10. The first-order chi connectivity index (χ1) is 21.7. The fraction of sp³-hybridized carbons (Fsp3) is 0.303. The number of hydrogen-bond acceptors (Lipinski definition) is 6. The van der Waals surface area contributed by atoms with Crippen molar-refractivity contribution in [3.05, 3.63) is 116 Å². The second-order valence-electron chi connectivity index (χ2n) is 11.2. The number of amides is 1. The lowest BCUT2D eigenvalue weighted by Crippen LogP contribution is -2.40. The summed E-state index contributed by atoms with van der Waals surface area (Å²) in [5.74, 6) is 0.547.